The van der Waals surface area contributed by atoms with Gasteiger partial charge in [0.15, 0.2) is 6.26 Å². The van der Waals surface area contributed by atoms with Crippen LogP contribution in [0.25, 0.3) is 0 Å². The Morgan fingerprint density at radius 2 is 1.80 bits per heavy atom. The molecule has 0 atom stereocenters. The normalized spacial score (nSPS) is 24.3. The molecular formula is C12H21NO2. The van der Waals surface area contributed by atoms with Gasteiger partial charge in [-0.2, -0.15) is 4.89 Å². The molecule has 0 unspecified atom stereocenters. The average molecular weight is 211 g/mol. The van der Waals surface area contributed by atoms with Gasteiger partial charge in [-0.25, -0.2) is 0 Å². The fourth-order valence-electron chi connectivity index (χ4n) is 2.44. The molecule has 1 rings (SSSR count). The standard InChI is InChI=1S/C12H21NO2/c1-6-7-14-15-10-8-11(2,3)13-12(4,5)9-10/h7,10,13H,1,8-9H2,2-5H3. The van der Waals surface area contributed by atoms with Gasteiger partial charge < -0.3 is 10.2 Å². The van der Waals surface area contributed by atoms with E-state index in [1.54, 1.807) is 0 Å². The van der Waals surface area contributed by atoms with Gasteiger partial charge in [0.05, 0.1) is 0 Å². The van der Waals surface area contributed by atoms with E-state index < -0.39 is 0 Å². The van der Waals surface area contributed by atoms with Gasteiger partial charge >= 0.3 is 0 Å². The highest BCUT2D eigenvalue weighted by Crippen LogP contribution is 2.30. The molecule has 3 heteroatoms. The van der Waals surface area contributed by atoms with Crippen LogP contribution in [0.1, 0.15) is 40.5 Å². The Kier molecular flexibility index (Phi) is 3.61. The largest absolute Gasteiger partial charge is 0.337 e. The van der Waals surface area contributed by atoms with Gasteiger partial charge in [0.25, 0.3) is 0 Å². The predicted octanol–water partition coefficient (Wildman–Crippen LogP) is 2.54. The van der Waals surface area contributed by atoms with Crippen molar-refractivity contribution in [2.75, 3.05) is 0 Å². The van der Waals surface area contributed by atoms with Crippen molar-refractivity contribution in [2.45, 2.75) is 57.7 Å². The first-order chi connectivity index (χ1) is 6.85. The van der Waals surface area contributed by atoms with E-state index in [9.17, 15) is 0 Å². The molecule has 0 radical (unpaired) electrons. The molecule has 0 amide bonds. The SMILES string of the molecule is C=C=COOC1CC(C)(C)NC(C)(C)C1. The Hall–Kier alpha value is -0.760. The Labute approximate surface area is 92.1 Å². The molecule has 0 bridgehead atoms. The van der Waals surface area contributed by atoms with Crippen molar-refractivity contribution >= 4 is 0 Å². The van der Waals surface area contributed by atoms with Crippen molar-refractivity contribution in [3.8, 4) is 0 Å². The quantitative estimate of drug-likeness (QED) is 0.337. The fourth-order valence-corrected chi connectivity index (χ4v) is 2.44. The van der Waals surface area contributed by atoms with Crippen LogP contribution in [0.4, 0.5) is 0 Å². The van der Waals surface area contributed by atoms with E-state index >= 15 is 0 Å². The van der Waals surface area contributed by atoms with Crippen LogP contribution < -0.4 is 5.32 Å². The molecular weight excluding hydrogens is 190 g/mol. The Balaban J connectivity index is 2.55. The third-order valence-electron chi connectivity index (χ3n) is 2.48. The topological polar surface area (TPSA) is 30.5 Å². The van der Waals surface area contributed by atoms with Crippen molar-refractivity contribution < 1.29 is 9.78 Å². The van der Waals surface area contributed by atoms with E-state index in [2.05, 4.69) is 45.3 Å². The second-order valence-electron chi connectivity index (χ2n) is 5.44. The number of piperidine rings is 1. The molecule has 3 nitrogen and oxygen atoms in total. The van der Waals surface area contributed by atoms with Crippen LogP contribution >= 0.6 is 0 Å². The zero-order chi connectivity index (χ0) is 11.5. The van der Waals surface area contributed by atoms with Crippen LogP contribution in [0.5, 0.6) is 0 Å². The van der Waals surface area contributed by atoms with E-state index in [1.165, 1.54) is 6.26 Å². The van der Waals surface area contributed by atoms with Gasteiger partial charge in [-0.1, -0.05) is 12.3 Å². The summed E-state index contributed by atoms with van der Waals surface area (Å²) in [6, 6.07) is 0. The van der Waals surface area contributed by atoms with Crippen molar-refractivity contribution in [2.24, 2.45) is 0 Å². The third-order valence-corrected chi connectivity index (χ3v) is 2.48. The number of rotatable bonds is 3. The minimum atomic E-state index is 0.0771. The minimum Gasteiger partial charge on any atom is -0.337 e. The maximum atomic E-state index is 5.30. The molecule has 1 aliphatic heterocycles. The molecule has 1 saturated heterocycles. The summed E-state index contributed by atoms with van der Waals surface area (Å²) < 4.78 is 0. The zero-order valence-corrected chi connectivity index (χ0v) is 10.1. The molecule has 0 aromatic carbocycles. The molecule has 0 aliphatic carbocycles. The fraction of sp³-hybridized carbons (Fsp3) is 0.750. The number of hydrogen-bond donors (Lipinski definition) is 1. The summed E-state index contributed by atoms with van der Waals surface area (Å²) in [4.78, 5) is 10.2. The lowest BCUT2D eigenvalue weighted by atomic mass is 9.81. The molecule has 0 aromatic heterocycles. The summed E-state index contributed by atoms with van der Waals surface area (Å²) >= 11 is 0. The maximum Gasteiger partial charge on any atom is 0.171 e. The van der Waals surface area contributed by atoms with Gasteiger partial charge in [-0.15, -0.1) is 0 Å². The third kappa shape index (κ3) is 4.08. The van der Waals surface area contributed by atoms with E-state index in [4.69, 9.17) is 9.78 Å². The maximum absolute atomic E-state index is 5.30. The number of nitrogens with one attached hydrogen (secondary N) is 1. The van der Waals surface area contributed by atoms with E-state index in [-0.39, 0.29) is 17.2 Å². The van der Waals surface area contributed by atoms with Gasteiger partial charge in [0.1, 0.15) is 6.10 Å². The summed E-state index contributed by atoms with van der Waals surface area (Å²) in [7, 11) is 0. The lowest BCUT2D eigenvalue weighted by Crippen LogP contribution is -2.59. The molecule has 1 fully saturated rings. The van der Waals surface area contributed by atoms with Crippen LogP contribution in [0, 0.1) is 0 Å². The van der Waals surface area contributed by atoms with Gasteiger partial charge in [0.2, 0.25) is 0 Å². The molecule has 15 heavy (non-hydrogen) atoms. The highest BCUT2D eigenvalue weighted by molar-refractivity contribution is 4.97. The Morgan fingerprint density at radius 1 is 1.27 bits per heavy atom. The van der Waals surface area contributed by atoms with E-state index in [0.717, 1.165) is 12.8 Å². The van der Waals surface area contributed by atoms with Crippen molar-refractivity contribution in [3.05, 3.63) is 18.6 Å². The lowest BCUT2D eigenvalue weighted by molar-refractivity contribution is -0.295. The summed E-state index contributed by atoms with van der Waals surface area (Å²) in [5, 5.41) is 3.58. The molecule has 0 spiro atoms. The van der Waals surface area contributed by atoms with Gasteiger partial charge in [0, 0.05) is 11.1 Å². The van der Waals surface area contributed by atoms with Crippen LogP contribution in [0.15, 0.2) is 18.6 Å². The first-order valence-electron chi connectivity index (χ1n) is 5.30. The van der Waals surface area contributed by atoms with Crippen LogP contribution in [-0.4, -0.2) is 17.2 Å². The van der Waals surface area contributed by atoms with Gasteiger partial charge in [-0.05, 0) is 40.5 Å². The molecule has 1 heterocycles. The van der Waals surface area contributed by atoms with Crippen molar-refractivity contribution in [3.63, 3.8) is 0 Å². The summed E-state index contributed by atoms with van der Waals surface area (Å²) in [6.45, 7) is 12.1. The molecule has 86 valence electrons. The molecule has 0 aromatic rings. The predicted molar refractivity (Wildman–Crippen MR) is 60.2 cm³/mol. The first kappa shape index (κ1) is 12.3. The van der Waals surface area contributed by atoms with Crippen molar-refractivity contribution in [1.82, 2.24) is 5.32 Å². The van der Waals surface area contributed by atoms with Gasteiger partial charge in [-0.3, -0.25) is 0 Å². The van der Waals surface area contributed by atoms with Crippen LogP contribution in [0.3, 0.4) is 0 Å². The second-order valence-corrected chi connectivity index (χ2v) is 5.44. The second kappa shape index (κ2) is 4.40. The van der Waals surface area contributed by atoms with E-state index in [1.807, 2.05) is 0 Å². The Bertz CT molecular complexity index is 249. The first-order valence-corrected chi connectivity index (χ1v) is 5.30. The smallest absolute Gasteiger partial charge is 0.171 e. The van der Waals surface area contributed by atoms with Crippen LogP contribution in [-0.2, 0) is 9.78 Å². The average Bonchev–Trinajstić information content (AvgIpc) is 1.98. The molecule has 1 N–H and O–H groups in total. The molecule has 0 saturated carbocycles. The van der Waals surface area contributed by atoms with E-state index in [0.29, 0.717) is 0 Å². The monoisotopic (exact) mass is 211 g/mol. The highest BCUT2D eigenvalue weighted by Gasteiger charge is 2.38. The van der Waals surface area contributed by atoms with Crippen molar-refractivity contribution in [1.29, 1.82) is 0 Å². The zero-order valence-electron chi connectivity index (χ0n) is 10.1. The Morgan fingerprint density at radius 3 is 2.27 bits per heavy atom. The summed E-state index contributed by atoms with van der Waals surface area (Å²) in [5.41, 5.74) is 2.66. The highest BCUT2D eigenvalue weighted by atomic mass is 17.2. The molecule has 1 aliphatic rings. The minimum absolute atomic E-state index is 0.0771. The number of hydrogen-bond acceptors (Lipinski definition) is 3. The van der Waals surface area contributed by atoms with Crippen LogP contribution in [0.2, 0.25) is 0 Å². The lowest BCUT2D eigenvalue weighted by Gasteiger charge is -2.45. The summed E-state index contributed by atoms with van der Waals surface area (Å²) in [6.07, 6.45) is 3.31. The summed E-state index contributed by atoms with van der Waals surface area (Å²) in [5.74, 6) is 0.